The number of methoxy groups -OCH3 is 1. The molecule has 2 rings (SSSR count). The zero-order chi connectivity index (χ0) is 13.7. The van der Waals surface area contributed by atoms with E-state index < -0.39 is 0 Å². The average molecular weight is 271 g/mol. The molecule has 0 amide bonds. The number of aliphatic hydroxyl groups is 1. The van der Waals surface area contributed by atoms with Crippen LogP contribution in [-0.2, 0) is 9.47 Å². The van der Waals surface area contributed by atoms with Crippen molar-refractivity contribution in [1.29, 1.82) is 0 Å². The Kier molecular flexibility index (Phi) is 5.63. The van der Waals surface area contributed by atoms with Gasteiger partial charge in [-0.25, -0.2) is 0 Å². The maximum atomic E-state index is 9.78. The van der Waals surface area contributed by atoms with E-state index in [0.717, 1.165) is 25.8 Å². The molecule has 2 saturated carbocycles. The lowest BCUT2D eigenvalue weighted by atomic mass is 9.93. The molecule has 19 heavy (non-hydrogen) atoms. The minimum absolute atomic E-state index is 0.173. The fraction of sp³-hybridized carbons (Fsp3) is 1.00. The van der Waals surface area contributed by atoms with Crippen molar-refractivity contribution in [1.82, 2.24) is 5.32 Å². The van der Waals surface area contributed by atoms with Gasteiger partial charge in [0, 0.05) is 7.11 Å². The van der Waals surface area contributed by atoms with Crippen molar-refractivity contribution in [2.75, 3.05) is 26.9 Å². The van der Waals surface area contributed by atoms with Gasteiger partial charge < -0.3 is 19.9 Å². The maximum absolute atomic E-state index is 9.78. The first-order valence-corrected chi connectivity index (χ1v) is 7.74. The molecule has 0 aromatic rings. The largest absolute Gasteiger partial charge is 0.394 e. The summed E-state index contributed by atoms with van der Waals surface area (Å²) < 4.78 is 11.6. The fourth-order valence-electron chi connectivity index (χ4n) is 3.27. The second kappa shape index (κ2) is 7.02. The van der Waals surface area contributed by atoms with Crippen LogP contribution in [0.1, 0.15) is 45.4 Å². The Hall–Kier alpha value is -0.160. The molecule has 0 heterocycles. The van der Waals surface area contributed by atoms with Crippen LogP contribution in [0, 0.1) is 5.92 Å². The van der Waals surface area contributed by atoms with E-state index in [9.17, 15) is 5.11 Å². The Labute approximate surface area is 116 Å². The second-order valence-corrected chi connectivity index (χ2v) is 6.08. The minimum atomic E-state index is -0.214. The fourth-order valence-corrected chi connectivity index (χ4v) is 3.27. The Morgan fingerprint density at radius 3 is 2.53 bits per heavy atom. The summed E-state index contributed by atoms with van der Waals surface area (Å²) in [5.41, 5.74) is -0.214. The molecule has 0 spiro atoms. The molecule has 3 atom stereocenters. The van der Waals surface area contributed by atoms with Crippen LogP contribution in [0.3, 0.4) is 0 Å². The maximum Gasteiger partial charge on any atom is 0.0679 e. The van der Waals surface area contributed by atoms with Gasteiger partial charge in [0.2, 0.25) is 0 Å². The lowest BCUT2D eigenvalue weighted by molar-refractivity contribution is -0.0607. The highest BCUT2D eigenvalue weighted by Crippen LogP contribution is 2.40. The van der Waals surface area contributed by atoms with Crippen molar-refractivity contribution in [2.24, 2.45) is 5.92 Å². The Morgan fingerprint density at radius 2 is 1.95 bits per heavy atom. The van der Waals surface area contributed by atoms with Gasteiger partial charge in [0.1, 0.15) is 0 Å². The molecule has 0 saturated heterocycles. The normalized spacial score (nSPS) is 31.1. The first kappa shape index (κ1) is 15.2. The molecule has 0 aromatic carbocycles. The molecule has 4 nitrogen and oxygen atoms in total. The first-order valence-electron chi connectivity index (χ1n) is 7.74. The molecule has 2 N–H and O–H groups in total. The van der Waals surface area contributed by atoms with Crippen molar-refractivity contribution in [3.05, 3.63) is 0 Å². The van der Waals surface area contributed by atoms with Crippen LogP contribution in [0.5, 0.6) is 0 Å². The topological polar surface area (TPSA) is 50.7 Å². The van der Waals surface area contributed by atoms with Crippen molar-refractivity contribution in [2.45, 2.75) is 63.2 Å². The molecule has 3 unspecified atom stereocenters. The first-order chi connectivity index (χ1) is 9.24. The van der Waals surface area contributed by atoms with E-state index in [1.165, 1.54) is 19.3 Å². The van der Waals surface area contributed by atoms with Gasteiger partial charge in [0.05, 0.1) is 31.0 Å². The quantitative estimate of drug-likeness (QED) is 0.705. The van der Waals surface area contributed by atoms with Gasteiger partial charge in [0.25, 0.3) is 0 Å². The molecule has 2 aliphatic rings. The zero-order valence-corrected chi connectivity index (χ0v) is 12.4. The SMILES string of the molecule is CCNC(CO)(COC1CCCC(OC)C1)C1CC1. The zero-order valence-electron chi connectivity index (χ0n) is 12.4. The molecule has 0 radical (unpaired) electrons. The Morgan fingerprint density at radius 1 is 1.21 bits per heavy atom. The van der Waals surface area contributed by atoms with Gasteiger partial charge >= 0.3 is 0 Å². The number of rotatable bonds is 8. The van der Waals surface area contributed by atoms with Gasteiger partial charge in [-0.05, 0) is 51.0 Å². The number of ether oxygens (including phenoxy) is 2. The van der Waals surface area contributed by atoms with Crippen LogP contribution in [0.2, 0.25) is 0 Å². The molecule has 0 aliphatic heterocycles. The third-order valence-corrected chi connectivity index (χ3v) is 4.66. The summed E-state index contributed by atoms with van der Waals surface area (Å²) in [5, 5.41) is 13.2. The summed E-state index contributed by atoms with van der Waals surface area (Å²) in [6.45, 7) is 3.77. The van der Waals surface area contributed by atoms with E-state index in [-0.39, 0.29) is 12.1 Å². The number of nitrogens with one attached hydrogen (secondary N) is 1. The van der Waals surface area contributed by atoms with Crippen LogP contribution in [0.25, 0.3) is 0 Å². The van der Waals surface area contributed by atoms with Crippen LogP contribution >= 0.6 is 0 Å². The molecule has 112 valence electrons. The summed E-state index contributed by atoms with van der Waals surface area (Å²) >= 11 is 0. The summed E-state index contributed by atoms with van der Waals surface area (Å²) in [6, 6.07) is 0. The molecule has 0 aromatic heterocycles. The van der Waals surface area contributed by atoms with Crippen molar-refractivity contribution >= 4 is 0 Å². The summed E-state index contributed by atoms with van der Waals surface area (Å²) in [6.07, 6.45) is 7.51. The number of hydrogen-bond donors (Lipinski definition) is 2. The second-order valence-electron chi connectivity index (χ2n) is 6.08. The summed E-state index contributed by atoms with van der Waals surface area (Å²) in [4.78, 5) is 0. The molecular formula is C15H29NO3. The third kappa shape index (κ3) is 3.91. The van der Waals surface area contributed by atoms with Crippen LogP contribution in [0.4, 0.5) is 0 Å². The van der Waals surface area contributed by atoms with Crippen molar-refractivity contribution in [3.8, 4) is 0 Å². The number of likely N-dealkylation sites (N-methyl/N-ethyl adjacent to an activating group) is 1. The smallest absolute Gasteiger partial charge is 0.0679 e. The molecule has 4 heteroatoms. The van der Waals surface area contributed by atoms with Gasteiger partial charge in [-0.2, -0.15) is 0 Å². The molecule has 0 bridgehead atoms. The van der Waals surface area contributed by atoms with E-state index >= 15 is 0 Å². The Bertz CT molecular complexity index is 270. The van der Waals surface area contributed by atoms with Crippen molar-refractivity contribution < 1.29 is 14.6 Å². The molecule has 2 aliphatic carbocycles. The standard InChI is InChI=1S/C15H29NO3/c1-3-16-15(10-17,12-7-8-12)11-19-14-6-4-5-13(9-14)18-2/h12-14,16-17H,3-11H2,1-2H3. The van der Waals surface area contributed by atoms with Crippen molar-refractivity contribution in [3.63, 3.8) is 0 Å². The summed E-state index contributed by atoms with van der Waals surface area (Å²) in [5.74, 6) is 0.583. The monoisotopic (exact) mass is 271 g/mol. The predicted octanol–water partition coefficient (Wildman–Crippen LogP) is 1.71. The summed E-state index contributed by atoms with van der Waals surface area (Å²) in [7, 11) is 1.79. The van der Waals surface area contributed by atoms with Gasteiger partial charge in [-0.3, -0.25) is 0 Å². The van der Waals surface area contributed by atoms with Gasteiger partial charge in [0.15, 0.2) is 0 Å². The highest BCUT2D eigenvalue weighted by molar-refractivity contribution is 5.01. The highest BCUT2D eigenvalue weighted by atomic mass is 16.5. The van der Waals surface area contributed by atoms with Crippen LogP contribution in [0.15, 0.2) is 0 Å². The van der Waals surface area contributed by atoms with Gasteiger partial charge in [-0.1, -0.05) is 6.92 Å². The predicted molar refractivity (Wildman–Crippen MR) is 75.2 cm³/mol. The van der Waals surface area contributed by atoms with E-state index in [1.54, 1.807) is 7.11 Å². The van der Waals surface area contributed by atoms with Gasteiger partial charge in [-0.15, -0.1) is 0 Å². The van der Waals surface area contributed by atoms with E-state index in [4.69, 9.17) is 9.47 Å². The highest BCUT2D eigenvalue weighted by Gasteiger charge is 2.45. The lowest BCUT2D eigenvalue weighted by Gasteiger charge is -2.36. The Balaban J connectivity index is 1.84. The average Bonchev–Trinajstić information content (AvgIpc) is 3.29. The van der Waals surface area contributed by atoms with E-state index in [0.29, 0.717) is 24.7 Å². The third-order valence-electron chi connectivity index (χ3n) is 4.66. The van der Waals surface area contributed by atoms with Crippen LogP contribution in [-0.4, -0.2) is 49.7 Å². The number of aliphatic hydroxyl groups excluding tert-OH is 1. The minimum Gasteiger partial charge on any atom is -0.394 e. The molecular weight excluding hydrogens is 242 g/mol. The molecule has 2 fully saturated rings. The number of hydrogen-bond acceptors (Lipinski definition) is 4. The lowest BCUT2D eigenvalue weighted by Crippen LogP contribution is -2.55. The van der Waals surface area contributed by atoms with Crippen LogP contribution < -0.4 is 5.32 Å². The van der Waals surface area contributed by atoms with E-state index in [2.05, 4.69) is 12.2 Å². The van der Waals surface area contributed by atoms with E-state index in [1.807, 2.05) is 0 Å².